The molecule has 1 aromatic heterocycles. The molecular formula is C10H18ClN3O3S. The second-order valence-corrected chi connectivity index (χ2v) is 6.35. The van der Waals surface area contributed by atoms with Crippen LogP contribution in [0.15, 0.2) is 4.90 Å². The molecule has 1 unspecified atom stereocenters. The highest BCUT2D eigenvalue weighted by molar-refractivity contribution is 7.89. The number of hydrogen-bond acceptors (Lipinski definition) is 4. The second kappa shape index (κ2) is 6.01. The Labute approximate surface area is 112 Å². The van der Waals surface area contributed by atoms with Crippen molar-refractivity contribution >= 4 is 21.6 Å². The van der Waals surface area contributed by atoms with Crippen LogP contribution >= 0.6 is 11.6 Å². The van der Waals surface area contributed by atoms with Gasteiger partial charge < -0.3 is 4.74 Å². The minimum atomic E-state index is -3.59. The zero-order valence-electron chi connectivity index (χ0n) is 10.9. The standard InChI is InChI=1S/C10H18ClN3O3S/c1-7-10(8(2)14(3)13-7)18(15,16)12-5-9(11)6-17-4/h9,12H,5-6H2,1-4H3. The summed E-state index contributed by atoms with van der Waals surface area (Å²) in [5, 5.41) is 3.68. The van der Waals surface area contributed by atoms with Crippen molar-refractivity contribution in [2.45, 2.75) is 24.1 Å². The lowest BCUT2D eigenvalue weighted by molar-refractivity contribution is 0.198. The van der Waals surface area contributed by atoms with Crippen LogP contribution in [0.5, 0.6) is 0 Å². The van der Waals surface area contributed by atoms with Crippen LogP contribution in [0.1, 0.15) is 11.4 Å². The molecular weight excluding hydrogens is 278 g/mol. The third-order valence-electron chi connectivity index (χ3n) is 2.55. The Kier molecular flexibility index (Phi) is 5.15. The van der Waals surface area contributed by atoms with Gasteiger partial charge in [0.1, 0.15) is 4.90 Å². The van der Waals surface area contributed by atoms with E-state index in [1.165, 1.54) is 11.8 Å². The Hall–Kier alpha value is -0.630. The van der Waals surface area contributed by atoms with Crippen LogP contribution < -0.4 is 4.72 Å². The lowest BCUT2D eigenvalue weighted by Crippen LogP contribution is -2.32. The Balaban J connectivity index is 2.87. The van der Waals surface area contributed by atoms with Crippen LogP contribution in [0.4, 0.5) is 0 Å². The van der Waals surface area contributed by atoms with E-state index in [0.29, 0.717) is 11.4 Å². The number of halogens is 1. The molecule has 0 saturated heterocycles. The first kappa shape index (κ1) is 15.4. The zero-order chi connectivity index (χ0) is 13.9. The van der Waals surface area contributed by atoms with Crippen molar-refractivity contribution in [2.24, 2.45) is 7.05 Å². The van der Waals surface area contributed by atoms with Crippen LogP contribution in [-0.2, 0) is 21.8 Å². The summed E-state index contributed by atoms with van der Waals surface area (Å²) in [5.74, 6) is 0. The number of aromatic nitrogens is 2. The van der Waals surface area contributed by atoms with Crippen molar-refractivity contribution in [1.29, 1.82) is 0 Å². The van der Waals surface area contributed by atoms with Crippen molar-refractivity contribution in [3.63, 3.8) is 0 Å². The van der Waals surface area contributed by atoms with Crippen molar-refractivity contribution in [1.82, 2.24) is 14.5 Å². The van der Waals surface area contributed by atoms with E-state index in [0.717, 1.165) is 0 Å². The maximum absolute atomic E-state index is 12.1. The molecule has 1 N–H and O–H groups in total. The van der Waals surface area contributed by atoms with E-state index in [-0.39, 0.29) is 18.0 Å². The van der Waals surface area contributed by atoms with Gasteiger partial charge in [0.15, 0.2) is 0 Å². The molecule has 0 fully saturated rings. The molecule has 0 aromatic carbocycles. The quantitative estimate of drug-likeness (QED) is 0.779. The Bertz CT molecular complexity index is 513. The topological polar surface area (TPSA) is 73.2 Å². The molecule has 8 heteroatoms. The molecule has 18 heavy (non-hydrogen) atoms. The van der Waals surface area contributed by atoms with E-state index < -0.39 is 15.4 Å². The molecule has 1 aromatic rings. The van der Waals surface area contributed by atoms with E-state index in [9.17, 15) is 8.42 Å². The summed E-state index contributed by atoms with van der Waals surface area (Å²) in [6, 6.07) is 0. The SMILES string of the molecule is COCC(Cl)CNS(=O)(=O)c1c(C)nn(C)c1C. The molecule has 0 spiro atoms. The average molecular weight is 296 g/mol. The Morgan fingerprint density at radius 2 is 2.11 bits per heavy atom. The zero-order valence-corrected chi connectivity index (χ0v) is 12.5. The molecule has 1 atom stereocenters. The Morgan fingerprint density at radius 3 is 2.56 bits per heavy atom. The number of ether oxygens (including phenoxy) is 1. The first-order chi connectivity index (χ1) is 8.29. The lowest BCUT2D eigenvalue weighted by Gasteiger charge is -2.10. The first-order valence-corrected chi connectivity index (χ1v) is 7.34. The number of methoxy groups -OCH3 is 1. The van der Waals surface area contributed by atoms with Gasteiger partial charge in [0.2, 0.25) is 10.0 Å². The van der Waals surface area contributed by atoms with Gasteiger partial charge in [-0.1, -0.05) is 0 Å². The third-order valence-corrected chi connectivity index (χ3v) is 4.51. The summed E-state index contributed by atoms with van der Waals surface area (Å²) < 4.78 is 33.1. The van der Waals surface area contributed by atoms with Gasteiger partial charge in [0.25, 0.3) is 0 Å². The number of sulfonamides is 1. The number of alkyl halides is 1. The average Bonchev–Trinajstić information content (AvgIpc) is 2.51. The predicted octanol–water partition coefficient (Wildman–Crippen LogP) is 0.569. The number of nitrogens with zero attached hydrogens (tertiary/aromatic N) is 2. The van der Waals surface area contributed by atoms with Crippen LogP contribution in [-0.4, -0.2) is 43.8 Å². The molecule has 0 radical (unpaired) electrons. The Morgan fingerprint density at radius 1 is 1.50 bits per heavy atom. The smallest absolute Gasteiger partial charge is 0.244 e. The monoisotopic (exact) mass is 295 g/mol. The number of rotatable bonds is 6. The molecule has 1 heterocycles. The summed E-state index contributed by atoms with van der Waals surface area (Å²) >= 11 is 5.89. The van der Waals surface area contributed by atoms with Gasteiger partial charge in [-0.15, -0.1) is 11.6 Å². The summed E-state index contributed by atoms with van der Waals surface area (Å²) in [4.78, 5) is 0.214. The fraction of sp³-hybridized carbons (Fsp3) is 0.700. The fourth-order valence-corrected chi connectivity index (χ4v) is 3.47. The minimum absolute atomic E-state index is 0.117. The van der Waals surface area contributed by atoms with Crippen LogP contribution in [0.25, 0.3) is 0 Å². The summed E-state index contributed by atoms with van der Waals surface area (Å²) in [7, 11) is -0.369. The normalized spacial score (nSPS) is 13.8. The van der Waals surface area contributed by atoms with Crippen LogP contribution in [0.2, 0.25) is 0 Å². The van der Waals surface area contributed by atoms with Crippen molar-refractivity contribution in [3.05, 3.63) is 11.4 Å². The maximum Gasteiger partial charge on any atom is 0.244 e. The van der Waals surface area contributed by atoms with E-state index in [4.69, 9.17) is 16.3 Å². The molecule has 0 aliphatic carbocycles. The first-order valence-electron chi connectivity index (χ1n) is 5.42. The van der Waals surface area contributed by atoms with Gasteiger partial charge in [-0.3, -0.25) is 4.68 Å². The highest BCUT2D eigenvalue weighted by Gasteiger charge is 2.24. The van der Waals surface area contributed by atoms with Crippen molar-refractivity contribution < 1.29 is 13.2 Å². The van der Waals surface area contributed by atoms with E-state index in [2.05, 4.69) is 9.82 Å². The van der Waals surface area contributed by atoms with Crippen molar-refractivity contribution in [3.8, 4) is 0 Å². The third kappa shape index (κ3) is 3.44. The van der Waals surface area contributed by atoms with E-state index in [1.807, 2.05) is 0 Å². The number of nitrogens with one attached hydrogen (secondary N) is 1. The maximum atomic E-state index is 12.1. The van der Waals surface area contributed by atoms with E-state index in [1.54, 1.807) is 20.9 Å². The van der Waals surface area contributed by atoms with E-state index >= 15 is 0 Å². The van der Waals surface area contributed by atoms with Gasteiger partial charge in [-0.05, 0) is 13.8 Å². The van der Waals surface area contributed by atoms with Gasteiger partial charge in [-0.25, -0.2) is 13.1 Å². The summed E-state index contributed by atoms with van der Waals surface area (Å²) in [6.07, 6.45) is 0. The number of hydrogen-bond donors (Lipinski definition) is 1. The summed E-state index contributed by atoms with van der Waals surface area (Å²) in [6.45, 7) is 3.78. The van der Waals surface area contributed by atoms with Gasteiger partial charge in [0.05, 0.1) is 23.4 Å². The van der Waals surface area contributed by atoms with Crippen molar-refractivity contribution in [2.75, 3.05) is 20.3 Å². The van der Waals surface area contributed by atoms with Gasteiger partial charge in [-0.2, -0.15) is 5.10 Å². The van der Waals surface area contributed by atoms with Gasteiger partial charge in [0, 0.05) is 20.7 Å². The predicted molar refractivity (Wildman–Crippen MR) is 69.4 cm³/mol. The minimum Gasteiger partial charge on any atom is -0.383 e. The molecule has 1 rings (SSSR count). The number of aryl methyl sites for hydroxylation is 2. The lowest BCUT2D eigenvalue weighted by atomic mass is 10.4. The highest BCUT2D eigenvalue weighted by Crippen LogP contribution is 2.18. The van der Waals surface area contributed by atoms with Gasteiger partial charge >= 0.3 is 0 Å². The molecule has 6 nitrogen and oxygen atoms in total. The second-order valence-electron chi connectivity index (χ2n) is 4.03. The largest absolute Gasteiger partial charge is 0.383 e. The summed E-state index contributed by atoms with van der Waals surface area (Å²) in [5.41, 5.74) is 1.07. The molecule has 0 bridgehead atoms. The molecule has 0 saturated carbocycles. The molecule has 0 aliphatic heterocycles. The van der Waals surface area contributed by atoms with Crippen LogP contribution in [0.3, 0.4) is 0 Å². The van der Waals surface area contributed by atoms with Crippen LogP contribution in [0, 0.1) is 13.8 Å². The highest BCUT2D eigenvalue weighted by atomic mass is 35.5. The fourth-order valence-electron chi connectivity index (χ4n) is 1.66. The molecule has 0 amide bonds. The molecule has 104 valence electrons. The molecule has 0 aliphatic rings.